The Balaban J connectivity index is 1.70. The summed E-state index contributed by atoms with van der Waals surface area (Å²) in [6.45, 7) is 2.18. The van der Waals surface area contributed by atoms with E-state index in [-0.39, 0.29) is 11.4 Å². The first-order valence-electron chi connectivity index (χ1n) is 8.91. The molecular weight excluding hydrogens is 408 g/mol. The van der Waals surface area contributed by atoms with Gasteiger partial charge in [-0.15, -0.1) is 0 Å². The van der Waals surface area contributed by atoms with Crippen LogP contribution in [0.3, 0.4) is 0 Å². The molecule has 0 fully saturated rings. The molecule has 3 rings (SSSR count). The lowest BCUT2D eigenvalue weighted by Crippen LogP contribution is -2.19. The summed E-state index contributed by atoms with van der Waals surface area (Å²) in [4.78, 5) is 32.0. The largest absolute Gasteiger partial charge is 0.490 e. The number of carbonyl (C=O) groups excluding carboxylic acids is 2. The number of benzene rings is 2. The van der Waals surface area contributed by atoms with Crippen molar-refractivity contribution in [3.8, 4) is 11.5 Å². The van der Waals surface area contributed by atoms with E-state index in [0.29, 0.717) is 28.5 Å². The van der Waals surface area contributed by atoms with Crippen molar-refractivity contribution < 1.29 is 19.1 Å². The highest BCUT2D eigenvalue weighted by Gasteiger charge is 2.13. The Kier molecular flexibility index (Phi) is 7.07. The summed E-state index contributed by atoms with van der Waals surface area (Å²) in [5.74, 6) is -0.398. The molecule has 3 aromatic rings. The second-order valence-electron chi connectivity index (χ2n) is 5.83. The number of nitrogens with one attached hydrogen (secondary N) is 1. The van der Waals surface area contributed by atoms with Gasteiger partial charge in [-0.05, 0) is 55.0 Å². The van der Waals surface area contributed by atoms with Gasteiger partial charge in [-0.1, -0.05) is 11.6 Å². The zero-order valence-electron chi connectivity index (χ0n) is 15.9. The molecule has 1 aromatic heterocycles. The molecule has 30 heavy (non-hydrogen) atoms. The maximum Gasteiger partial charge on any atom is 0.343 e. The summed E-state index contributed by atoms with van der Waals surface area (Å²) in [5, 5.41) is 4.42. The molecule has 8 nitrogen and oxygen atoms in total. The van der Waals surface area contributed by atoms with Crippen LogP contribution in [0.25, 0.3) is 0 Å². The number of carbonyl (C=O) groups is 2. The summed E-state index contributed by atoms with van der Waals surface area (Å²) in [6.07, 6.45) is 5.65. The summed E-state index contributed by atoms with van der Waals surface area (Å²) in [6, 6.07) is 11.3. The quantitative estimate of drug-likeness (QED) is 0.269. The highest BCUT2D eigenvalue weighted by molar-refractivity contribution is 6.30. The second-order valence-corrected chi connectivity index (χ2v) is 6.26. The van der Waals surface area contributed by atoms with E-state index in [1.54, 1.807) is 42.5 Å². The number of rotatable bonds is 7. The van der Waals surface area contributed by atoms with E-state index >= 15 is 0 Å². The number of amides is 1. The number of esters is 1. The minimum Gasteiger partial charge on any atom is -0.490 e. The molecule has 0 unspecified atom stereocenters. The van der Waals surface area contributed by atoms with Crippen LogP contribution in [0, 0.1) is 0 Å². The van der Waals surface area contributed by atoms with Crippen molar-refractivity contribution in [3.63, 3.8) is 0 Å². The summed E-state index contributed by atoms with van der Waals surface area (Å²) >= 11 is 5.84. The SMILES string of the molecule is CCOc1cc(C=NNC(=O)c2cnccn2)ccc1OC(=O)c1ccc(Cl)cc1. The maximum atomic E-state index is 12.3. The van der Waals surface area contributed by atoms with E-state index in [0.717, 1.165) is 0 Å². The number of halogens is 1. The molecule has 2 aromatic carbocycles. The minimum atomic E-state index is -0.537. The van der Waals surface area contributed by atoms with Gasteiger partial charge in [0.25, 0.3) is 5.91 Å². The highest BCUT2D eigenvalue weighted by Crippen LogP contribution is 2.29. The van der Waals surface area contributed by atoms with Crippen LogP contribution < -0.4 is 14.9 Å². The van der Waals surface area contributed by atoms with Crippen molar-refractivity contribution in [2.45, 2.75) is 6.92 Å². The number of nitrogens with zero attached hydrogens (tertiary/aromatic N) is 3. The normalized spacial score (nSPS) is 10.6. The number of ether oxygens (including phenoxy) is 2. The lowest BCUT2D eigenvalue weighted by Gasteiger charge is -2.11. The van der Waals surface area contributed by atoms with Crippen molar-refractivity contribution in [2.75, 3.05) is 6.61 Å². The average Bonchev–Trinajstić information content (AvgIpc) is 2.76. The fraction of sp³-hybridized carbons (Fsp3) is 0.0952. The van der Waals surface area contributed by atoms with Crippen molar-refractivity contribution in [3.05, 3.63) is 82.9 Å². The van der Waals surface area contributed by atoms with Crippen LogP contribution in [-0.2, 0) is 0 Å². The lowest BCUT2D eigenvalue weighted by molar-refractivity contribution is 0.0728. The lowest BCUT2D eigenvalue weighted by atomic mass is 10.2. The van der Waals surface area contributed by atoms with E-state index in [9.17, 15) is 9.59 Å². The van der Waals surface area contributed by atoms with Crippen LogP contribution in [0.1, 0.15) is 33.3 Å². The smallest absolute Gasteiger partial charge is 0.343 e. The molecule has 0 aliphatic carbocycles. The van der Waals surface area contributed by atoms with Crippen LogP contribution >= 0.6 is 11.6 Å². The van der Waals surface area contributed by atoms with Crippen LogP contribution in [0.5, 0.6) is 11.5 Å². The van der Waals surface area contributed by atoms with Gasteiger partial charge in [0.1, 0.15) is 5.69 Å². The van der Waals surface area contributed by atoms with Crippen molar-refractivity contribution >= 4 is 29.7 Å². The predicted molar refractivity (Wildman–Crippen MR) is 111 cm³/mol. The molecule has 0 saturated heterocycles. The fourth-order valence-electron chi connectivity index (χ4n) is 2.34. The van der Waals surface area contributed by atoms with E-state index in [2.05, 4.69) is 20.5 Å². The van der Waals surface area contributed by atoms with Crippen LogP contribution in [-0.4, -0.2) is 34.7 Å². The molecule has 1 N–H and O–H groups in total. The molecule has 0 spiro atoms. The molecule has 9 heteroatoms. The first kappa shape index (κ1) is 20.9. The third-order valence-corrected chi connectivity index (χ3v) is 3.98. The van der Waals surface area contributed by atoms with Gasteiger partial charge in [0.15, 0.2) is 11.5 Å². The molecule has 152 valence electrons. The van der Waals surface area contributed by atoms with E-state index in [1.807, 2.05) is 6.92 Å². The van der Waals surface area contributed by atoms with E-state index in [1.165, 1.54) is 24.8 Å². The molecule has 0 aliphatic heterocycles. The van der Waals surface area contributed by atoms with Crippen molar-refractivity contribution in [2.24, 2.45) is 5.10 Å². The Hall–Kier alpha value is -3.78. The maximum absolute atomic E-state index is 12.3. The third kappa shape index (κ3) is 5.62. The molecular formula is C21H17ClN4O4. The average molecular weight is 425 g/mol. The zero-order valence-corrected chi connectivity index (χ0v) is 16.7. The van der Waals surface area contributed by atoms with Crippen molar-refractivity contribution in [1.29, 1.82) is 0 Å². The van der Waals surface area contributed by atoms with E-state index < -0.39 is 11.9 Å². The van der Waals surface area contributed by atoms with E-state index in [4.69, 9.17) is 21.1 Å². The highest BCUT2D eigenvalue weighted by atomic mass is 35.5. The minimum absolute atomic E-state index is 0.147. The fourth-order valence-corrected chi connectivity index (χ4v) is 2.47. The van der Waals surface area contributed by atoms with Gasteiger partial charge in [-0.3, -0.25) is 9.78 Å². The van der Waals surface area contributed by atoms with Gasteiger partial charge in [0.05, 0.1) is 24.6 Å². The first-order valence-corrected chi connectivity index (χ1v) is 9.28. The zero-order chi connectivity index (χ0) is 21.3. The monoisotopic (exact) mass is 424 g/mol. The Morgan fingerprint density at radius 2 is 1.93 bits per heavy atom. The molecule has 1 amide bonds. The van der Waals surface area contributed by atoms with Crippen molar-refractivity contribution in [1.82, 2.24) is 15.4 Å². The Bertz CT molecular complexity index is 1060. The van der Waals surface area contributed by atoms with Gasteiger partial charge in [0, 0.05) is 17.4 Å². The van der Waals surface area contributed by atoms with Gasteiger partial charge in [-0.2, -0.15) is 5.10 Å². The molecule has 1 heterocycles. The number of hydrogen-bond acceptors (Lipinski definition) is 7. The van der Waals surface area contributed by atoms with Gasteiger partial charge < -0.3 is 9.47 Å². The second kappa shape index (κ2) is 10.1. The standard InChI is InChI=1S/C21H17ClN4O4/c1-2-29-19-11-14(12-25-26-20(27)17-13-23-9-10-24-17)3-8-18(19)30-21(28)15-4-6-16(22)7-5-15/h3-13H,2H2,1H3,(H,26,27). The topological polar surface area (TPSA) is 103 Å². The molecule has 0 saturated carbocycles. The Labute approximate surface area is 177 Å². The molecule has 0 radical (unpaired) electrons. The van der Waals surface area contributed by atoms with Crippen LogP contribution in [0.4, 0.5) is 0 Å². The van der Waals surface area contributed by atoms with Gasteiger partial charge >= 0.3 is 5.97 Å². The van der Waals surface area contributed by atoms with Gasteiger partial charge in [0.2, 0.25) is 0 Å². The third-order valence-electron chi connectivity index (χ3n) is 3.73. The van der Waals surface area contributed by atoms with Crippen LogP contribution in [0.2, 0.25) is 5.02 Å². The molecule has 0 atom stereocenters. The molecule has 0 bridgehead atoms. The predicted octanol–water partition coefficient (Wildman–Crippen LogP) is 3.51. The number of hydrazone groups is 1. The Morgan fingerprint density at radius 1 is 1.13 bits per heavy atom. The summed E-state index contributed by atoms with van der Waals surface area (Å²) in [7, 11) is 0. The summed E-state index contributed by atoms with van der Waals surface area (Å²) in [5.41, 5.74) is 3.50. The van der Waals surface area contributed by atoms with Crippen LogP contribution in [0.15, 0.2) is 66.2 Å². The molecule has 0 aliphatic rings. The number of aromatic nitrogens is 2. The first-order chi connectivity index (χ1) is 14.6. The number of hydrogen-bond donors (Lipinski definition) is 1. The summed E-state index contributed by atoms with van der Waals surface area (Å²) < 4.78 is 11.0. The van der Waals surface area contributed by atoms with Gasteiger partial charge in [-0.25, -0.2) is 15.2 Å². The Morgan fingerprint density at radius 3 is 2.63 bits per heavy atom.